The third-order valence-corrected chi connectivity index (χ3v) is 7.15. The van der Waals surface area contributed by atoms with E-state index in [0.29, 0.717) is 11.6 Å². The van der Waals surface area contributed by atoms with Crippen LogP contribution < -0.4 is 4.72 Å². The van der Waals surface area contributed by atoms with Crippen LogP contribution in [0.5, 0.6) is 0 Å². The summed E-state index contributed by atoms with van der Waals surface area (Å²) in [4.78, 5) is 2.73. The van der Waals surface area contributed by atoms with Crippen LogP contribution in [0, 0.1) is 11.3 Å². The van der Waals surface area contributed by atoms with Gasteiger partial charge in [-0.15, -0.1) is 0 Å². The smallest absolute Gasteiger partial charge is 0.240 e. The normalized spacial score (nSPS) is 16.3. The molecule has 0 aliphatic heterocycles. The number of nitrogens with one attached hydrogen (secondary N) is 1. The molecule has 160 valence electrons. The van der Waals surface area contributed by atoms with Gasteiger partial charge in [-0.05, 0) is 80.1 Å². The van der Waals surface area contributed by atoms with Crippen molar-refractivity contribution in [1.82, 2.24) is 9.62 Å². The maximum atomic E-state index is 12.6. The highest BCUT2D eigenvalue weighted by Gasteiger charge is 2.24. The largest absolute Gasteiger partial charge is 0.300 e. The molecule has 0 fully saturated rings. The standard InChI is InChI=1S/C24H31N3O2S/c1-3-12-27(13-4-2)23-11-10-21-9-8-20(14-22(21)16-23)18-26-30(28,29)24-7-5-6-19(15-24)17-25/h5-9,14-15,23,26H,3-4,10-13,16,18H2,1-2H3/t23-/m1/s1. The Morgan fingerprint density at radius 2 is 1.87 bits per heavy atom. The van der Waals surface area contributed by atoms with E-state index in [-0.39, 0.29) is 11.4 Å². The summed E-state index contributed by atoms with van der Waals surface area (Å²) in [6.07, 6.45) is 5.63. The molecule has 6 heteroatoms. The lowest BCUT2D eigenvalue weighted by molar-refractivity contribution is 0.180. The van der Waals surface area contributed by atoms with Gasteiger partial charge >= 0.3 is 0 Å². The molecule has 0 spiro atoms. The van der Waals surface area contributed by atoms with Crippen molar-refractivity contribution in [1.29, 1.82) is 5.26 Å². The molecule has 2 aromatic rings. The monoisotopic (exact) mass is 425 g/mol. The summed E-state index contributed by atoms with van der Waals surface area (Å²) in [6, 6.07) is 15.0. The molecule has 2 aromatic carbocycles. The Morgan fingerprint density at radius 1 is 1.10 bits per heavy atom. The second-order valence-corrected chi connectivity index (χ2v) is 9.77. The maximum Gasteiger partial charge on any atom is 0.240 e. The quantitative estimate of drug-likeness (QED) is 0.659. The van der Waals surface area contributed by atoms with Gasteiger partial charge in [-0.2, -0.15) is 5.26 Å². The van der Waals surface area contributed by atoms with Crippen LogP contribution in [0.4, 0.5) is 0 Å². The van der Waals surface area contributed by atoms with E-state index in [0.717, 1.165) is 44.3 Å². The summed E-state index contributed by atoms with van der Waals surface area (Å²) in [5, 5.41) is 9.01. The Hall–Kier alpha value is -2.20. The summed E-state index contributed by atoms with van der Waals surface area (Å²) in [6.45, 7) is 6.97. The Balaban J connectivity index is 1.70. The highest BCUT2D eigenvalue weighted by atomic mass is 32.2. The number of nitriles is 1. The molecule has 0 amide bonds. The average molecular weight is 426 g/mol. The summed E-state index contributed by atoms with van der Waals surface area (Å²) < 4.78 is 27.9. The summed E-state index contributed by atoms with van der Waals surface area (Å²) in [7, 11) is -3.66. The van der Waals surface area contributed by atoms with Crippen molar-refractivity contribution in [3.8, 4) is 6.07 Å². The maximum absolute atomic E-state index is 12.6. The van der Waals surface area contributed by atoms with Crippen molar-refractivity contribution in [3.05, 3.63) is 64.7 Å². The van der Waals surface area contributed by atoms with Gasteiger partial charge in [-0.3, -0.25) is 0 Å². The van der Waals surface area contributed by atoms with Gasteiger partial charge in [0.25, 0.3) is 0 Å². The number of aryl methyl sites for hydroxylation is 1. The molecule has 5 nitrogen and oxygen atoms in total. The molecule has 3 rings (SSSR count). The Kier molecular flexibility index (Phi) is 7.65. The van der Waals surface area contributed by atoms with Crippen LogP contribution in [-0.4, -0.2) is 32.4 Å². The lowest BCUT2D eigenvalue weighted by Gasteiger charge is -2.35. The van der Waals surface area contributed by atoms with E-state index in [4.69, 9.17) is 5.26 Å². The van der Waals surface area contributed by atoms with Crippen molar-refractivity contribution >= 4 is 10.0 Å². The number of rotatable bonds is 9. The first-order valence-corrected chi connectivity index (χ1v) is 12.3. The lowest BCUT2D eigenvalue weighted by Crippen LogP contribution is -2.40. The van der Waals surface area contributed by atoms with Crippen LogP contribution in [0.3, 0.4) is 0 Å². The molecule has 0 saturated heterocycles. The first kappa shape index (κ1) is 22.5. The van der Waals surface area contributed by atoms with E-state index in [2.05, 4.69) is 35.6 Å². The molecule has 1 aliphatic rings. The van der Waals surface area contributed by atoms with Gasteiger partial charge in [-0.1, -0.05) is 38.1 Å². The summed E-state index contributed by atoms with van der Waals surface area (Å²) >= 11 is 0. The Bertz CT molecular complexity index is 1010. The predicted octanol–water partition coefficient (Wildman–Crippen LogP) is 4.02. The predicted molar refractivity (Wildman–Crippen MR) is 120 cm³/mol. The fourth-order valence-corrected chi connectivity index (χ4v) is 5.32. The second kappa shape index (κ2) is 10.2. The number of hydrogen-bond acceptors (Lipinski definition) is 4. The zero-order valence-electron chi connectivity index (χ0n) is 17.9. The molecule has 0 bridgehead atoms. The molecule has 0 unspecified atom stereocenters. The molecule has 1 N–H and O–H groups in total. The van der Waals surface area contributed by atoms with E-state index in [9.17, 15) is 8.42 Å². The minimum absolute atomic E-state index is 0.120. The van der Waals surface area contributed by atoms with Crippen molar-refractivity contribution in [2.24, 2.45) is 0 Å². The SMILES string of the molecule is CCCN(CCC)[C@@H]1CCc2ccc(CNS(=O)(=O)c3cccc(C#N)c3)cc2C1. The number of fused-ring (bicyclic) bond motifs is 1. The van der Waals surface area contributed by atoms with Crippen LogP contribution in [-0.2, 0) is 29.4 Å². The van der Waals surface area contributed by atoms with Crippen molar-refractivity contribution in [2.75, 3.05) is 13.1 Å². The van der Waals surface area contributed by atoms with Crippen molar-refractivity contribution in [3.63, 3.8) is 0 Å². The Labute approximate surface area is 180 Å². The highest BCUT2D eigenvalue weighted by molar-refractivity contribution is 7.89. The van der Waals surface area contributed by atoms with Crippen LogP contribution in [0.1, 0.15) is 55.4 Å². The van der Waals surface area contributed by atoms with Gasteiger partial charge in [-0.25, -0.2) is 13.1 Å². The first-order valence-electron chi connectivity index (χ1n) is 10.8. The van der Waals surface area contributed by atoms with Gasteiger partial charge in [0, 0.05) is 12.6 Å². The first-order chi connectivity index (χ1) is 14.5. The van der Waals surface area contributed by atoms with E-state index in [1.165, 1.54) is 29.7 Å². The molecular weight excluding hydrogens is 394 g/mol. The van der Waals surface area contributed by atoms with Gasteiger partial charge < -0.3 is 4.90 Å². The highest BCUT2D eigenvalue weighted by Crippen LogP contribution is 2.26. The fraction of sp³-hybridized carbons (Fsp3) is 0.458. The van der Waals surface area contributed by atoms with Crippen LogP contribution in [0.25, 0.3) is 0 Å². The third kappa shape index (κ3) is 5.48. The number of sulfonamides is 1. The van der Waals surface area contributed by atoms with E-state index in [1.54, 1.807) is 12.1 Å². The summed E-state index contributed by atoms with van der Waals surface area (Å²) in [5.41, 5.74) is 4.02. The number of hydrogen-bond donors (Lipinski definition) is 1. The molecule has 1 atom stereocenters. The van der Waals surface area contributed by atoms with Gasteiger partial charge in [0.05, 0.1) is 16.5 Å². The van der Waals surface area contributed by atoms with E-state index in [1.807, 2.05) is 12.1 Å². The lowest BCUT2D eigenvalue weighted by atomic mass is 9.86. The Morgan fingerprint density at radius 3 is 2.57 bits per heavy atom. The van der Waals surface area contributed by atoms with Crippen LogP contribution >= 0.6 is 0 Å². The van der Waals surface area contributed by atoms with Gasteiger partial charge in [0.2, 0.25) is 10.0 Å². The molecule has 0 radical (unpaired) electrons. The van der Waals surface area contributed by atoms with E-state index >= 15 is 0 Å². The van der Waals surface area contributed by atoms with Crippen LogP contribution in [0.15, 0.2) is 47.4 Å². The molecule has 1 aliphatic carbocycles. The second-order valence-electron chi connectivity index (χ2n) is 8.00. The van der Waals surface area contributed by atoms with E-state index < -0.39 is 10.0 Å². The topological polar surface area (TPSA) is 73.2 Å². The van der Waals surface area contributed by atoms with Gasteiger partial charge in [0.1, 0.15) is 0 Å². The van der Waals surface area contributed by atoms with Crippen molar-refractivity contribution < 1.29 is 8.42 Å². The van der Waals surface area contributed by atoms with Crippen LogP contribution in [0.2, 0.25) is 0 Å². The number of nitrogens with zero attached hydrogens (tertiary/aromatic N) is 2. The molecule has 0 heterocycles. The minimum atomic E-state index is -3.66. The zero-order chi connectivity index (χ0) is 21.6. The molecule has 0 aromatic heterocycles. The molecule has 30 heavy (non-hydrogen) atoms. The fourth-order valence-electron chi connectivity index (χ4n) is 4.26. The zero-order valence-corrected chi connectivity index (χ0v) is 18.7. The number of benzene rings is 2. The third-order valence-electron chi connectivity index (χ3n) is 5.75. The summed E-state index contributed by atoms with van der Waals surface area (Å²) in [5.74, 6) is 0. The molecular formula is C24H31N3O2S. The van der Waals surface area contributed by atoms with Gasteiger partial charge in [0.15, 0.2) is 0 Å². The average Bonchev–Trinajstić information content (AvgIpc) is 2.77. The van der Waals surface area contributed by atoms with Crippen molar-refractivity contribution in [2.45, 2.75) is 63.4 Å². The minimum Gasteiger partial charge on any atom is -0.300 e. The molecule has 0 saturated carbocycles.